The standard InChI is InChI=1S/C35H45NO/c1-4-20-36(21-5-2)30-13-12-28-23-29-16-17-33(3)31(27-11-10-25-8-6-7-9-26(25)22-27)14-15-32(33)35(29)19-18-34(28,24-30)37-35/h6-11,16,22-23,30-32H,4-5,12-15,17-21,24H2,1-3H3/t30-,31+,32+,33+,34?,35+/m0/s1. The van der Waals surface area contributed by atoms with E-state index in [9.17, 15) is 0 Å². The van der Waals surface area contributed by atoms with E-state index in [1.165, 1.54) is 88.1 Å². The fraction of sp³-hybridized carbons (Fsp3) is 0.600. The average molecular weight is 496 g/mol. The lowest BCUT2D eigenvalue weighted by Gasteiger charge is -2.55. The minimum atomic E-state index is -0.0513. The van der Waals surface area contributed by atoms with Crippen LogP contribution in [0.2, 0.25) is 0 Å². The van der Waals surface area contributed by atoms with Gasteiger partial charge in [0, 0.05) is 6.04 Å². The zero-order valence-corrected chi connectivity index (χ0v) is 23.3. The maximum atomic E-state index is 7.59. The molecule has 2 saturated carbocycles. The van der Waals surface area contributed by atoms with Gasteiger partial charge in [-0.05, 0) is 122 Å². The first-order chi connectivity index (χ1) is 18.0. The van der Waals surface area contributed by atoms with Gasteiger partial charge < -0.3 is 9.64 Å². The summed E-state index contributed by atoms with van der Waals surface area (Å²) in [5.74, 6) is 1.24. The van der Waals surface area contributed by atoms with Crippen molar-refractivity contribution in [3.05, 3.63) is 71.3 Å². The van der Waals surface area contributed by atoms with Crippen molar-refractivity contribution in [3.8, 4) is 0 Å². The lowest BCUT2D eigenvalue weighted by molar-refractivity contribution is -0.141. The highest BCUT2D eigenvalue weighted by atomic mass is 16.5. The van der Waals surface area contributed by atoms with Crippen LogP contribution < -0.4 is 0 Å². The van der Waals surface area contributed by atoms with Crippen molar-refractivity contribution in [2.45, 2.75) is 108 Å². The van der Waals surface area contributed by atoms with E-state index in [4.69, 9.17) is 4.74 Å². The largest absolute Gasteiger partial charge is 0.359 e. The van der Waals surface area contributed by atoms with Gasteiger partial charge in [-0.2, -0.15) is 0 Å². The van der Waals surface area contributed by atoms with Gasteiger partial charge >= 0.3 is 0 Å². The van der Waals surface area contributed by atoms with E-state index in [1.807, 2.05) is 0 Å². The first kappa shape index (κ1) is 24.2. The predicted octanol–water partition coefficient (Wildman–Crippen LogP) is 8.57. The normalized spacial score (nSPS) is 38.2. The van der Waals surface area contributed by atoms with Gasteiger partial charge in [0.25, 0.3) is 0 Å². The van der Waals surface area contributed by atoms with E-state index in [0.717, 1.165) is 0 Å². The SMILES string of the molecule is CCCN(CCC)[C@H]1CCC2=CC3=CC[C@]4(C)[C@@H](c5ccc6ccccc6c5)CC[C@H]4[C@@]34CCC2(C1)O4. The number of nitrogens with zero attached hydrogens (tertiary/aromatic N) is 1. The lowest BCUT2D eigenvalue weighted by atomic mass is 9.58. The summed E-state index contributed by atoms with van der Waals surface area (Å²) in [6.45, 7) is 9.75. The number of benzene rings is 2. The van der Waals surface area contributed by atoms with Gasteiger partial charge in [0.15, 0.2) is 0 Å². The molecule has 2 aromatic rings. The van der Waals surface area contributed by atoms with E-state index in [-0.39, 0.29) is 16.6 Å². The predicted molar refractivity (Wildman–Crippen MR) is 154 cm³/mol. The first-order valence-corrected chi connectivity index (χ1v) is 15.4. The van der Waals surface area contributed by atoms with Crippen molar-refractivity contribution < 1.29 is 4.74 Å². The molecule has 2 heterocycles. The van der Waals surface area contributed by atoms with Gasteiger partial charge in [0.05, 0.1) is 11.2 Å². The third-order valence-corrected chi connectivity index (χ3v) is 11.4. The second-order valence-electron chi connectivity index (χ2n) is 13.2. The number of rotatable bonds is 6. The molecule has 2 heteroatoms. The summed E-state index contributed by atoms with van der Waals surface area (Å²) < 4.78 is 7.59. The zero-order valence-electron chi connectivity index (χ0n) is 23.3. The quantitative estimate of drug-likeness (QED) is 0.398. The van der Waals surface area contributed by atoms with E-state index in [1.54, 1.807) is 16.7 Å². The van der Waals surface area contributed by atoms with Crippen LogP contribution in [-0.4, -0.2) is 35.2 Å². The molecule has 2 bridgehead atoms. The van der Waals surface area contributed by atoms with Crippen LogP contribution >= 0.6 is 0 Å². The number of allylic oxidation sites excluding steroid dienone is 1. The van der Waals surface area contributed by atoms with Crippen molar-refractivity contribution >= 4 is 10.8 Å². The molecule has 2 nitrogen and oxygen atoms in total. The molecule has 6 atom stereocenters. The van der Waals surface area contributed by atoms with Crippen LogP contribution in [0.4, 0.5) is 0 Å². The second-order valence-corrected chi connectivity index (χ2v) is 13.2. The summed E-state index contributed by atoms with van der Waals surface area (Å²) in [5, 5.41) is 2.74. The number of hydrogen-bond acceptors (Lipinski definition) is 2. The molecule has 3 fully saturated rings. The summed E-state index contributed by atoms with van der Waals surface area (Å²) >= 11 is 0. The molecule has 0 aromatic heterocycles. The van der Waals surface area contributed by atoms with Crippen LogP contribution in [-0.2, 0) is 4.74 Å². The van der Waals surface area contributed by atoms with Crippen LogP contribution in [0, 0.1) is 11.3 Å². The Bertz CT molecular complexity index is 1250. The van der Waals surface area contributed by atoms with Gasteiger partial charge in [0.1, 0.15) is 0 Å². The van der Waals surface area contributed by atoms with E-state index in [2.05, 4.69) is 80.3 Å². The van der Waals surface area contributed by atoms with Crippen molar-refractivity contribution in [2.24, 2.45) is 11.3 Å². The van der Waals surface area contributed by atoms with E-state index < -0.39 is 0 Å². The Balaban J connectivity index is 1.21. The Kier molecular flexibility index (Phi) is 5.76. The summed E-state index contributed by atoms with van der Waals surface area (Å²) in [5.41, 5.74) is 4.94. The number of hydrogen-bond donors (Lipinski definition) is 0. The van der Waals surface area contributed by atoms with Crippen molar-refractivity contribution in [3.63, 3.8) is 0 Å². The van der Waals surface area contributed by atoms with Crippen LogP contribution in [0.3, 0.4) is 0 Å². The fourth-order valence-electron chi connectivity index (χ4n) is 9.72. The van der Waals surface area contributed by atoms with Gasteiger partial charge in [-0.1, -0.05) is 75.4 Å². The molecule has 37 heavy (non-hydrogen) atoms. The summed E-state index contributed by atoms with van der Waals surface area (Å²) in [6, 6.07) is 16.8. The smallest absolute Gasteiger partial charge is 0.0974 e. The van der Waals surface area contributed by atoms with E-state index in [0.29, 0.717) is 17.9 Å². The Morgan fingerprint density at radius 1 is 0.946 bits per heavy atom. The van der Waals surface area contributed by atoms with Gasteiger partial charge in [-0.15, -0.1) is 0 Å². The molecular weight excluding hydrogens is 450 g/mol. The number of ether oxygens (including phenoxy) is 1. The Labute approximate surface area is 224 Å². The monoisotopic (exact) mass is 495 g/mol. The minimum Gasteiger partial charge on any atom is -0.359 e. The fourth-order valence-corrected chi connectivity index (χ4v) is 9.72. The highest BCUT2D eigenvalue weighted by Crippen LogP contribution is 2.69. The second kappa shape index (κ2) is 8.82. The van der Waals surface area contributed by atoms with Crippen molar-refractivity contribution in [1.29, 1.82) is 0 Å². The topological polar surface area (TPSA) is 12.5 Å². The molecule has 5 aliphatic rings. The summed E-state index contributed by atoms with van der Waals surface area (Å²) in [4.78, 5) is 2.79. The van der Waals surface area contributed by atoms with Crippen LogP contribution in [0.25, 0.3) is 10.8 Å². The molecule has 3 aliphatic carbocycles. The Hall–Kier alpha value is -1.90. The minimum absolute atomic E-state index is 0.000719. The third kappa shape index (κ3) is 3.51. The number of fused-ring (bicyclic) bond motifs is 2. The van der Waals surface area contributed by atoms with Gasteiger partial charge in [-0.25, -0.2) is 0 Å². The molecule has 0 N–H and O–H groups in total. The molecule has 196 valence electrons. The van der Waals surface area contributed by atoms with Crippen LogP contribution in [0.15, 0.2) is 65.8 Å². The van der Waals surface area contributed by atoms with E-state index >= 15 is 0 Å². The molecule has 0 radical (unpaired) electrons. The molecule has 7 rings (SSSR count). The van der Waals surface area contributed by atoms with Crippen LogP contribution in [0.1, 0.15) is 96.5 Å². The zero-order chi connectivity index (χ0) is 25.3. The molecular formula is C35H45NO. The summed E-state index contributed by atoms with van der Waals surface area (Å²) in [6.07, 6.45) is 17.7. The van der Waals surface area contributed by atoms with Crippen molar-refractivity contribution in [2.75, 3.05) is 13.1 Å². The maximum absolute atomic E-state index is 7.59. The molecule has 2 aromatic carbocycles. The highest BCUT2D eigenvalue weighted by molar-refractivity contribution is 5.83. The highest BCUT2D eigenvalue weighted by Gasteiger charge is 2.66. The van der Waals surface area contributed by atoms with Gasteiger partial charge in [0.2, 0.25) is 0 Å². The van der Waals surface area contributed by atoms with Crippen molar-refractivity contribution in [1.82, 2.24) is 4.90 Å². The third-order valence-electron chi connectivity index (χ3n) is 11.4. The molecule has 2 spiro atoms. The molecule has 1 unspecified atom stereocenters. The maximum Gasteiger partial charge on any atom is 0.0974 e. The van der Waals surface area contributed by atoms with Crippen LogP contribution in [0.5, 0.6) is 0 Å². The molecule has 0 amide bonds. The Morgan fingerprint density at radius 3 is 2.57 bits per heavy atom. The average Bonchev–Trinajstić information content (AvgIpc) is 3.43. The summed E-state index contributed by atoms with van der Waals surface area (Å²) in [7, 11) is 0. The molecule has 1 saturated heterocycles. The lowest BCUT2D eigenvalue weighted by Crippen LogP contribution is -2.55. The first-order valence-electron chi connectivity index (χ1n) is 15.4. The van der Waals surface area contributed by atoms with Gasteiger partial charge in [-0.3, -0.25) is 0 Å². The Morgan fingerprint density at radius 2 is 1.76 bits per heavy atom. The molecule has 2 aliphatic heterocycles.